The van der Waals surface area contributed by atoms with Crippen molar-refractivity contribution in [1.29, 1.82) is 0 Å². The predicted molar refractivity (Wildman–Crippen MR) is 72.5 cm³/mol. The van der Waals surface area contributed by atoms with E-state index in [4.69, 9.17) is 4.74 Å². The van der Waals surface area contributed by atoms with Gasteiger partial charge in [0.05, 0.1) is 0 Å². The van der Waals surface area contributed by atoms with Crippen molar-refractivity contribution < 1.29 is 19.1 Å². The molecular formula is C13H14N2O4Se. The van der Waals surface area contributed by atoms with Gasteiger partial charge in [-0.1, -0.05) is 0 Å². The van der Waals surface area contributed by atoms with Crippen LogP contribution in [-0.4, -0.2) is 51.0 Å². The van der Waals surface area contributed by atoms with Crippen LogP contribution in [0.2, 0.25) is 4.82 Å². The van der Waals surface area contributed by atoms with E-state index in [1.807, 2.05) is 30.3 Å². The number of urea groups is 1. The first-order valence-corrected chi connectivity index (χ1v) is 7.93. The monoisotopic (exact) mass is 342 g/mol. The quantitative estimate of drug-likeness (QED) is 0.598. The Bertz CT molecular complexity index is 520. The van der Waals surface area contributed by atoms with E-state index in [0.717, 1.165) is 9.36 Å². The van der Waals surface area contributed by atoms with E-state index >= 15 is 0 Å². The molecule has 2 rings (SSSR count). The van der Waals surface area contributed by atoms with Gasteiger partial charge in [-0.05, 0) is 0 Å². The number of hydrogen-bond donors (Lipinski definition) is 1. The molecule has 1 aliphatic heterocycles. The van der Waals surface area contributed by atoms with Crippen molar-refractivity contribution in [1.82, 2.24) is 10.2 Å². The molecule has 1 N–H and O–H groups in total. The summed E-state index contributed by atoms with van der Waals surface area (Å²) in [5.74, 6) is -1.02. The Kier molecular flexibility index (Phi) is 4.89. The first-order valence-electron chi connectivity index (χ1n) is 6.09. The summed E-state index contributed by atoms with van der Waals surface area (Å²) in [6, 6.07) is 8.59. The molecule has 0 spiro atoms. The van der Waals surface area contributed by atoms with Gasteiger partial charge in [-0.2, -0.15) is 0 Å². The van der Waals surface area contributed by atoms with Gasteiger partial charge < -0.3 is 0 Å². The summed E-state index contributed by atoms with van der Waals surface area (Å²) in [4.78, 5) is 35.8. The number of carbonyl (C=O) groups excluding carboxylic acids is 3. The molecule has 4 amide bonds. The van der Waals surface area contributed by atoms with Crippen molar-refractivity contribution in [3.05, 3.63) is 30.3 Å². The van der Waals surface area contributed by atoms with Gasteiger partial charge in [-0.25, -0.2) is 0 Å². The molecule has 1 aromatic rings. The van der Waals surface area contributed by atoms with E-state index in [0.29, 0.717) is 6.61 Å². The number of carbonyl (C=O) groups is 3. The molecule has 0 radical (unpaired) electrons. The molecule has 106 valence electrons. The Balaban J connectivity index is 2.13. The van der Waals surface area contributed by atoms with Gasteiger partial charge in [0.25, 0.3) is 0 Å². The Hall–Kier alpha value is -1.69. The summed E-state index contributed by atoms with van der Waals surface area (Å²) in [5, 5.41) is 2.20. The molecule has 0 aromatic heterocycles. The zero-order chi connectivity index (χ0) is 14.5. The molecule has 1 heterocycles. The maximum atomic E-state index is 12.2. The summed E-state index contributed by atoms with van der Waals surface area (Å²) < 4.78 is 6.02. The van der Waals surface area contributed by atoms with Crippen molar-refractivity contribution in [3.63, 3.8) is 0 Å². The van der Waals surface area contributed by atoms with Crippen molar-refractivity contribution in [2.45, 2.75) is 11.7 Å². The van der Waals surface area contributed by atoms with Crippen molar-refractivity contribution in [2.75, 3.05) is 13.3 Å². The minimum atomic E-state index is -0.831. The van der Waals surface area contributed by atoms with Gasteiger partial charge in [0.15, 0.2) is 0 Å². The van der Waals surface area contributed by atoms with Crippen LogP contribution in [-0.2, 0) is 14.3 Å². The van der Waals surface area contributed by atoms with E-state index in [2.05, 4.69) is 5.32 Å². The van der Waals surface area contributed by atoms with Crippen molar-refractivity contribution >= 4 is 37.3 Å². The van der Waals surface area contributed by atoms with Crippen LogP contribution in [0.15, 0.2) is 30.3 Å². The Labute approximate surface area is 122 Å². The zero-order valence-corrected chi connectivity index (χ0v) is 12.6. The van der Waals surface area contributed by atoms with E-state index in [1.165, 1.54) is 0 Å². The second-order valence-electron chi connectivity index (χ2n) is 3.99. The molecule has 1 aliphatic rings. The Morgan fingerprint density at radius 1 is 1.25 bits per heavy atom. The number of amides is 4. The molecule has 1 saturated heterocycles. The number of nitrogens with zero attached hydrogens (tertiary/aromatic N) is 1. The Morgan fingerprint density at radius 3 is 2.60 bits per heavy atom. The molecule has 1 atom stereocenters. The maximum absolute atomic E-state index is 12.2. The Morgan fingerprint density at radius 2 is 1.95 bits per heavy atom. The second-order valence-corrected chi connectivity index (χ2v) is 6.47. The van der Waals surface area contributed by atoms with Gasteiger partial charge in [0.1, 0.15) is 0 Å². The third kappa shape index (κ3) is 3.25. The van der Waals surface area contributed by atoms with Crippen LogP contribution in [0, 0.1) is 0 Å². The number of rotatable bonds is 5. The van der Waals surface area contributed by atoms with E-state index < -0.39 is 22.7 Å². The first-order chi connectivity index (χ1) is 9.63. The third-order valence-corrected chi connectivity index (χ3v) is 5.13. The average molecular weight is 341 g/mol. The molecule has 0 bridgehead atoms. The van der Waals surface area contributed by atoms with Gasteiger partial charge in [0, 0.05) is 0 Å². The van der Waals surface area contributed by atoms with Crippen LogP contribution in [0.25, 0.3) is 0 Å². The van der Waals surface area contributed by atoms with Crippen molar-refractivity contribution in [2.24, 2.45) is 0 Å². The number of hydrogen-bond acceptors (Lipinski definition) is 4. The second kappa shape index (κ2) is 6.65. The number of barbiturate groups is 1. The van der Waals surface area contributed by atoms with Crippen LogP contribution in [0.1, 0.15) is 6.92 Å². The summed E-state index contributed by atoms with van der Waals surface area (Å²) in [7, 11) is 0. The number of ether oxygens (including phenoxy) is 1. The van der Waals surface area contributed by atoms with Crippen LogP contribution in [0.3, 0.4) is 0 Å². The molecular weight excluding hydrogens is 327 g/mol. The SMILES string of the molecule is CCOCN1C(=O)NC(=O)C([Se]c2ccccc2)C1=O. The number of benzene rings is 1. The average Bonchev–Trinajstić information content (AvgIpc) is 2.44. The summed E-state index contributed by atoms with van der Waals surface area (Å²) in [6.45, 7) is 2.03. The normalized spacial score (nSPS) is 19.1. The summed E-state index contributed by atoms with van der Waals surface area (Å²) >= 11 is -0.367. The van der Waals surface area contributed by atoms with Crippen molar-refractivity contribution in [3.8, 4) is 0 Å². The van der Waals surface area contributed by atoms with E-state index in [9.17, 15) is 14.4 Å². The molecule has 1 aromatic carbocycles. The molecule has 0 aliphatic carbocycles. The molecule has 0 saturated carbocycles. The van der Waals surface area contributed by atoms with Crippen LogP contribution in [0.5, 0.6) is 0 Å². The summed E-state index contributed by atoms with van der Waals surface area (Å²) in [6.07, 6.45) is 0. The van der Waals surface area contributed by atoms with Crippen LogP contribution in [0.4, 0.5) is 4.79 Å². The fraction of sp³-hybridized carbons (Fsp3) is 0.308. The third-order valence-electron chi connectivity index (χ3n) is 2.63. The van der Waals surface area contributed by atoms with Crippen LogP contribution >= 0.6 is 0 Å². The number of imide groups is 2. The zero-order valence-electron chi connectivity index (χ0n) is 10.9. The molecule has 1 unspecified atom stereocenters. The fourth-order valence-corrected chi connectivity index (χ4v) is 3.69. The minimum absolute atomic E-state index is 0.129. The molecule has 7 heteroatoms. The molecule has 6 nitrogen and oxygen atoms in total. The molecule has 20 heavy (non-hydrogen) atoms. The first kappa shape index (κ1) is 14.7. The predicted octanol–water partition coefficient (Wildman–Crippen LogP) is -0.123. The van der Waals surface area contributed by atoms with Gasteiger partial charge >= 0.3 is 122 Å². The van der Waals surface area contributed by atoms with E-state index in [1.54, 1.807) is 6.92 Å². The van der Waals surface area contributed by atoms with Gasteiger partial charge in [0.2, 0.25) is 0 Å². The standard InChI is InChI=1S/C13H14N2O4Se/c1-2-19-8-15-12(17)10(11(16)14-13(15)18)20-9-6-4-3-5-7-9/h3-7,10H,2,8H2,1H3,(H,14,16,18). The van der Waals surface area contributed by atoms with Gasteiger partial charge in [-0.3, -0.25) is 0 Å². The topological polar surface area (TPSA) is 75.7 Å². The summed E-state index contributed by atoms with van der Waals surface area (Å²) in [5.41, 5.74) is 0. The number of nitrogens with one attached hydrogen (secondary N) is 1. The molecule has 1 fully saturated rings. The van der Waals surface area contributed by atoms with Gasteiger partial charge in [-0.15, -0.1) is 0 Å². The van der Waals surface area contributed by atoms with Crippen LogP contribution < -0.4 is 9.78 Å². The van der Waals surface area contributed by atoms with E-state index in [-0.39, 0.29) is 21.7 Å². The fourth-order valence-electron chi connectivity index (χ4n) is 1.64.